The zero-order chi connectivity index (χ0) is 21.0. The summed E-state index contributed by atoms with van der Waals surface area (Å²) in [7, 11) is 0. The second kappa shape index (κ2) is 9.65. The van der Waals surface area contributed by atoms with Crippen LogP contribution in [0.15, 0.2) is 29.6 Å². The van der Waals surface area contributed by atoms with E-state index in [1.54, 1.807) is 29.1 Å². The number of anilines is 1. The van der Waals surface area contributed by atoms with E-state index in [0.29, 0.717) is 39.8 Å². The van der Waals surface area contributed by atoms with Crippen molar-refractivity contribution in [3.05, 3.63) is 40.0 Å². The smallest absolute Gasteiger partial charge is 0.252 e. The Bertz CT molecular complexity index is 1020. The lowest BCUT2D eigenvalue weighted by molar-refractivity contribution is 0.0952. The number of thioether (sulfide) groups is 1. The van der Waals surface area contributed by atoms with Crippen molar-refractivity contribution in [3.63, 3.8) is 0 Å². The van der Waals surface area contributed by atoms with Gasteiger partial charge in [0.25, 0.3) is 5.91 Å². The Labute approximate surface area is 183 Å². The van der Waals surface area contributed by atoms with Gasteiger partial charge >= 0.3 is 0 Å². The summed E-state index contributed by atoms with van der Waals surface area (Å²) in [5, 5.41) is 13.0. The fraction of sp³-hybridized carbons (Fsp3) is 0.368. The fourth-order valence-corrected chi connectivity index (χ4v) is 3.52. The minimum Gasteiger partial charge on any atom is -0.369 e. The highest BCUT2D eigenvalue weighted by Crippen LogP contribution is 2.24. The molecule has 3 rings (SSSR count). The van der Waals surface area contributed by atoms with Crippen LogP contribution < -0.4 is 10.6 Å². The quantitative estimate of drug-likeness (QED) is 0.390. The first kappa shape index (κ1) is 21.7. The highest BCUT2D eigenvalue weighted by molar-refractivity contribution is 7.98. The normalized spacial score (nSPS) is 11.2. The molecule has 2 aromatic heterocycles. The minimum absolute atomic E-state index is 0.262. The molecule has 0 unspecified atom stereocenters. The maximum absolute atomic E-state index is 12.4. The molecular weight excluding hydrogens is 431 g/mol. The van der Waals surface area contributed by atoms with E-state index in [4.69, 9.17) is 23.2 Å². The molecule has 2 heterocycles. The van der Waals surface area contributed by atoms with Crippen molar-refractivity contribution in [1.82, 2.24) is 25.1 Å². The summed E-state index contributed by atoms with van der Waals surface area (Å²) in [6, 6.07) is 4.79. The van der Waals surface area contributed by atoms with Crippen LogP contribution in [0, 0.1) is 5.92 Å². The van der Waals surface area contributed by atoms with Gasteiger partial charge in [-0.3, -0.25) is 4.79 Å². The number of carbonyl (C=O) groups excluding carboxylic acids is 1. The van der Waals surface area contributed by atoms with E-state index in [-0.39, 0.29) is 5.91 Å². The molecular formula is C19H22Cl2N6OS. The second-order valence-corrected chi connectivity index (χ2v) is 8.44. The van der Waals surface area contributed by atoms with Gasteiger partial charge in [-0.25, -0.2) is 14.6 Å². The molecule has 29 heavy (non-hydrogen) atoms. The molecule has 10 heteroatoms. The summed E-state index contributed by atoms with van der Waals surface area (Å²) in [4.78, 5) is 21.5. The van der Waals surface area contributed by atoms with Gasteiger partial charge in [0.05, 0.1) is 28.7 Å². The number of hydrogen-bond acceptors (Lipinski definition) is 6. The average Bonchev–Trinajstić information content (AvgIpc) is 3.08. The van der Waals surface area contributed by atoms with E-state index in [1.807, 2.05) is 6.26 Å². The molecule has 0 bridgehead atoms. The van der Waals surface area contributed by atoms with Gasteiger partial charge in [0.2, 0.25) is 0 Å². The highest BCUT2D eigenvalue weighted by atomic mass is 35.5. The van der Waals surface area contributed by atoms with Crippen LogP contribution in [0.4, 0.5) is 5.82 Å². The number of hydrogen-bond donors (Lipinski definition) is 2. The summed E-state index contributed by atoms with van der Waals surface area (Å²) in [5.41, 5.74) is 1.11. The summed E-state index contributed by atoms with van der Waals surface area (Å²) in [6.07, 6.45) is 3.68. The van der Waals surface area contributed by atoms with Crippen molar-refractivity contribution in [2.45, 2.75) is 25.5 Å². The van der Waals surface area contributed by atoms with Crippen LogP contribution >= 0.6 is 35.0 Å². The number of benzene rings is 1. The summed E-state index contributed by atoms with van der Waals surface area (Å²) in [6.45, 7) is 5.93. The van der Waals surface area contributed by atoms with Gasteiger partial charge in [0.15, 0.2) is 10.8 Å². The molecule has 0 saturated carbocycles. The third kappa shape index (κ3) is 5.32. The Hall–Kier alpha value is -2.03. The van der Waals surface area contributed by atoms with Crippen LogP contribution in [-0.2, 0) is 6.54 Å². The van der Waals surface area contributed by atoms with Crippen molar-refractivity contribution in [2.75, 3.05) is 24.7 Å². The molecule has 0 aliphatic rings. The Morgan fingerprint density at radius 1 is 1.28 bits per heavy atom. The molecule has 0 spiro atoms. The van der Waals surface area contributed by atoms with Gasteiger partial charge in [-0.05, 0) is 30.4 Å². The lowest BCUT2D eigenvalue weighted by Gasteiger charge is -2.11. The number of aromatic nitrogens is 4. The number of nitrogens with one attached hydrogen (secondary N) is 2. The Kier molecular flexibility index (Phi) is 7.21. The first-order chi connectivity index (χ1) is 13.9. The highest BCUT2D eigenvalue weighted by Gasteiger charge is 2.14. The maximum atomic E-state index is 12.4. The predicted molar refractivity (Wildman–Crippen MR) is 119 cm³/mol. The third-order valence-corrected chi connectivity index (χ3v) is 5.22. The number of halogens is 2. The lowest BCUT2D eigenvalue weighted by Crippen LogP contribution is -2.27. The van der Waals surface area contributed by atoms with Crippen LogP contribution in [-0.4, -0.2) is 45.0 Å². The number of carbonyl (C=O) groups is 1. The largest absolute Gasteiger partial charge is 0.369 e. The van der Waals surface area contributed by atoms with Gasteiger partial charge in [0.1, 0.15) is 5.82 Å². The molecule has 1 amide bonds. The first-order valence-electron chi connectivity index (χ1n) is 9.13. The SMILES string of the molecule is CSc1nc(NCC(C)C)c2cnn(CCNC(=O)c3ccc(Cl)cc3Cl)c2n1. The molecule has 7 nitrogen and oxygen atoms in total. The van der Waals surface area contributed by atoms with Crippen LogP contribution in [0.1, 0.15) is 24.2 Å². The first-order valence-corrected chi connectivity index (χ1v) is 11.1. The topological polar surface area (TPSA) is 84.7 Å². The Morgan fingerprint density at radius 2 is 2.07 bits per heavy atom. The predicted octanol–water partition coefficient (Wildman–Crippen LogP) is 4.35. The van der Waals surface area contributed by atoms with Crippen molar-refractivity contribution >= 4 is 57.7 Å². The molecule has 0 fully saturated rings. The Balaban J connectivity index is 1.73. The van der Waals surface area contributed by atoms with Crippen LogP contribution in [0.25, 0.3) is 11.0 Å². The summed E-state index contributed by atoms with van der Waals surface area (Å²) < 4.78 is 1.76. The van der Waals surface area contributed by atoms with Gasteiger partial charge in [-0.15, -0.1) is 0 Å². The molecule has 2 N–H and O–H groups in total. The third-order valence-electron chi connectivity index (χ3n) is 4.12. The van der Waals surface area contributed by atoms with E-state index >= 15 is 0 Å². The number of rotatable bonds is 8. The molecule has 0 aliphatic heterocycles. The van der Waals surface area contributed by atoms with Crippen molar-refractivity contribution in [1.29, 1.82) is 0 Å². The summed E-state index contributed by atoms with van der Waals surface area (Å²) in [5.74, 6) is 1.00. The molecule has 1 aromatic carbocycles. The Morgan fingerprint density at radius 3 is 2.76 bits per heavy atom. The summed E-state index contributed by atoms with van der Waals surface area (Å²) >= 11 is 13.4. The average molecular weight is 453 g/mol. The van der Waals surface area contributed by atoms with E-state index in [2.05, 4.69) is 39.5 Å². The van der Waals surface area contributed by atoms with E-state index < -0.39 is 0 Å². The van der Waals surface area contributed by atoms with E-state index in [0.717, 1.165) is 23.4 Å². The van der Waals surface area contributed by atoms with Gasteiger partial charge in [0, 0.05) is 18.1 Å². The van der Waals surface area contributed by atoms with E-state index in [9.17, 15) is 4.79 Å². The molecule has 0 aliphatic carbocycles. The zero-order valence-corrected chi connectivity index (χ0v) is 18.7. The minimum atomic E-state index is -0.262. The fourth-order valence-electron chi connectivity index (χ4n) is 2.67. The molecule has 0 atom stereocenters. The number of nitrogens with zero attached hydrogens (tertiary/aromatic N) is 4. The van der Waals surface area contributed by atoms with Crippen molar-refractivity contribution in [3.8, 4) is 0 Å². The van der Waals surface area contributed by atoms with Crippen LogP contribution in [0.3, 0.4) is 0 Å². The van der Waals surface area contributed by atoms with Gasteiger partial charge in [-0.2, -0.15) is 5.10 Å². The monoisotopic (exact) mass is 452 g/mol. The molecule has 3 aromatic rings. The number of fused-ring (bicyclic) bond motifs is 1. The molecule has 154 valence electrons. The lowest BCUT2D eigenvalue weighted by atomic mass is 10.2. The number of amides is 1. The molecule has 0 radical (unpaired) electrons. The van der Waals surface area contributed by atoms with Gasteiger partial charge in [-0.1, -0.05) is 48.8 Å². The second-order valence-electron chi connectivity index (χ2n) is 6.82. The van der Waals surface area contributed by atoms with Crippen LogP contribution in [0.5, 0.6) is 0 Å². The van der Waals surface area contributed by atoms with Gasteiger partial charge < -0.3 is 10.6 Å². The van der Waals surface area contributed by atoms with E-state index in [1.165, 1.54) is 11.8 Å². The zero-order valence-electron chi connectivity index (χ0n) is 16.4. The van der Waals surface area contributed by atoms with Crippen molar-refractivity contribution < 1.29 is 4.79 Å². The molecule has 0 saturated heterocycles. The van der Waals surface area contributed by atoms with Crippen LogP contribution in [0.2, 0.25) is 10.0 Å². The van der Waals surface area contributed by atoms with Crippen molar-refractivity contribution in [2.24, 2.45) is 5.92 Å². The maximum Gasteiger partial charge on any atom is 0.252 e. The standard InChI is InChI=1S/C19H22Cl2N6OS/c1-11(2)9-23-16-14-10-24-27(17(14)26-19(25-16)29-3)7-6-22-18(28)13-5-4-12(20)8-15(13)21/h4-5,8,10-11H,6-7,9H2,1-3H3,(H,22,28)(H,23,25,26).